The molecule has 1 heterocycles. The molecule has 0 saturated heterocycles. The van der Waals surface area contributed by atoms with Crippen molar-refractivity contribution in [1.29, 1.82) is 0 Å². The topological polar surface area (TPSA) is 43.8 Å². The molecule has 2 aliphatic carbocycles. The average Bonchev–Trinajstić information content (AvgIpc) is 2.59. The van der Waals surface area contributed by atoms with E-state index in [1.165, 1.54) is 24.1 Å². The van der Waals surface area contributed by atoms with Gasteiger partial charge in [-0.2, -0.15) is 5.10 Å². The Hall–Kier alpha value is -0.830. The first-order valence-corrected chi connectivity index (χ1v) is 5.03. The van der Waals surface area contributed by atoms with E-state index in [2.05, 4.69) is 5.10 Å². The van der Waals surface area contributed by atoms with Crippen LogP contribution in [0.3, 0.4) is 0 Å². The number of rotatable bonds is 0. The standard InChI is InChI=1S/C10H15N3/c1-13-9-4-6-2-3-7(10(6)11)8(9)5-12-13/h5-7,10H,2-4,11H2,1H3/t6-,7-,10+/m1/s1. The molecule has 0 amide bonds. The zero-order valence-corrected chi connectivity index (χ0v) is 7.90. The average molecular weight is 177 g/mol. The number of nitrogens with zero attached hydrogens (tertiary/aromatic N) is 2. The van der Waals surface area contributed by atoms with Gasteiger partial charge in [0.1, 0.15) is 0 Å². The molecule has 0 radical (unpaired) electrons. The van der Waals surface area contributed by atoms with Gasteiger partial charge in [0.25, 0.3) is 0 Å². The zero-order valence-electron chi connectivity index (χ0n) is 7.90. The van der Waals surface area contributed by atoms with E-state index in [9.17, 15) is 0 Å². The van der Waals surface area contributed by atoms with Crippen molar-refractivity contribution in [2.45, 2.75) is 31.2 Å². The fraction of sp³-hybridized carbons (Fsp3) is 0.700. The lowest BCUT2D eigenvalue weighted by atomic mass is 9.83. The fourth-order valence-corrected chi connectivity index (χ4v) is 3.00. The van der Waals surface area contributed by atoms with Crippen molar-refractivity contribution in [3.8, 4) is 0 Å². The highest BCUT2D eigenvalue weighted by atomic mass is 15.3. The van der Waals surface area contributed by atoms with Crippen LogP contribution in [0.15, 0.2) is 6.20 Å². The first-order valence-electron chi connectivity index (χ1n) is 5.03. The van der Waals surface area contributed by atoms with Crippen LogP contribution in [0.1, 0.15) is 30.0 Å². The third kappa shape index (κ3) is 0.854. The van der Waals surface area contributed by atoms with E-state index in [1.54, 1.807) is 0 Å². The minimum Gasteiger partial charge on any atom is -0.327 e. The molecule has 2 bridgehead atoms. The highest BCUT2D eigenvalue weighted by molar-refractivity contribution is 5.31. The van der Waals surface area contributed by atoms with Crippen molar-refractivity contribution in [3.05, 3.63) is 17.5 Å². The molecule has 1 saturated carbocycles. The lowest BCUT2D eigenvalue weighted by Crippen LogP contribution is -2.35. The van der Waals surface area contributed by atoms with Gasteiger partial charge in [-0.3, -0.25) is 4.68 Å². The SMILES string of the molecule is Cn1ncc2c1C[C@H]1CC[C@H]2[C@H]1N. The van der Waals surface area contributed by atoms with Crippen molar-refractivity contribution in [2.24, 2.45) is 18.7 Å². The quantitative estimate of drug-likeness (QED) is 0.637. The van der Waals surface area contributed by atoms with E-state index in [0.29, 0.717) is 17.9 Å². The van der Waals surface area contributed by atoms with Gasteiger partial charge in [0, 0.05) is 24.7 Å². The second kappa shape index (κ2) is 2.35. The van der Waals surface area contributed by atoms with Crippen LogP contribution in [0.4, 0.5) is 0 Å². The lowest BCUT2D eigenvalue weighted by Gasteiger charge is -2.26. The van der Waals surface area contributed by atoms with Crippen molar-refractivity contribution in [2.75, 3.05) is 0 Å². The Morgan fingerprint density at radius 2 is 2.38 bits per heavy atom. The summed E-state index contributed by atoms with van der Waals surface area (Å²) in [4.78, 5) is 0. The maximum Gasteiger partial charge on any atom is 0.0527 e. The molecule has 2 aliphatic rings. The lowest BCUT2D eigenvalue weighted by molar-refractivity contribution is 0.421. The van der Waals surface area contributed by atoms with E-state index in [4.69, 9.17) is 5.73 Å². The Morgan fingerprint density at radius 1 is 1.54 bits per heavy atom. The number of nitrogens with two attached hydrogens (primary N) is 1. The van der Waals surface area contributed by atoms with Crippen LogP contribution in [0, 0.1) is 5.92 Å². The van der Waals surface area contributed by atoms with Crippen LogP contribution in [0.2, 0.25) is 0 Å². The third-order valence-corrected chi connectivity index (χ3v) is 3.81. The van der Waals surface area contributed by atoms with E-state index in [-0.39, 0.29) is 0 Å². The molecular formula is C10H15N3. The van der Waals surface area contributed by atoms with Gasteiger partial charge < -0.3 is 5.73 Å². The Balaban J connectivity index is 2.13. The van der Waals surface area contributed by atoms with E-state index >= 15 is 0 Å². The van der Waals surface area contributed by atoms with Crippen LogP contribution >= 0.6 is 0 Å². The molecule has 2 N–H and O–H groups in total. The zero-order chi connectivity index (χ0) is 9.00. The molecule has 3 rings (SSSR count). The molecule has 1 fully saturated rings. The second-order valence-electron chi connectivity index (χ2n) is 4.40. The smallest absolute Gasteiger partial charge is 0.0527 e. The highest BCUT2D eigenvalue weighted by Gasteiger charge is 2.41. The Bertz CT molecular complexity index is 342. The molecule has 3 atom stereocenters. The number of hydrogen-bond donors (Lipinski definition) is 1. The molecule has 1 aromatic rings. The van der Waals surface area contributed by atoms with E-state index in [1.807, 2.05) is 17.9 Å². The monoisotopic (exact) mass is 177 g/mol. The van der Waals surface area contributed by atoms with E-state index < -0.39 is 0 Å². The molecule has 3 nitrogen and oxygen atoms in total. The summed E-state index contributed by atoms with van der Waals surface area (Å²) in [6.45, 7) is 0. The van der Waals surface area contributed by atoms with Crippen molar-refractivity contribution in [3.63, 3.8) is 0 Å². The van der Waals surface area contributed by atoms with Gasteiger partial charge in [0.15, 0.2) is 0 Å². The molecule has 13 heavy (non-hydrogen) atoms. The first-order chi connectivity index (χ1) is 6.27. The normalized spacial score (nSPS) is 36.3. The van der Waals surface area contributed by atoms with Crippen LogP contribution in [0.5, 0.6) is 0 Å². The van der Waals surface area contributed by atoms with Crippen LogP contribution in [-0.4, -0.2) is 15.8 Å². The first kappa shape index (κ1) is 7.56. The van der Waals surface area contributed by atoms with Gasteiger partial charge in [-0.05, 0) is 30.7 Å². The fourth-order valence-electron chi connectivity index (χ4n) is 3.00. The predicted molar refractivity (Wildman–Crippen MR) is 50.4 cm³/mol. The molecule has 0 spiro atoms. The van der Waals surface area contributed by atoms with Crippen LogP contribution in [-0.2, 0) is 13.5 Å². The van der Waals surface area contributed by atoms with Crippen molar-refractivity contribution >= 4 is 0 Å². The van der Waals surface area contributed by atoms with Crippen molar-refractivity contribution < 1.29 is 0 Å². The summed E-state index contributed by atoms with van der Waals surface area (Å²) >= 11 is 0. The van der Waals surface area contributed by atoms with Gasteiger partial charge in [0.2, 0.25) is 0 Å². The molecule has 0 unspecified atom stereocenters. The summed E-state index contributed by atoms with van der Waals surface area (Å²) < 4.78 is 2.02. The number of aromatic nitrogens is 2. The molecule has 70 valence electrons. The summed E-state index contributed by atoms with van der Waals surface area (Å²) in [6.07, 6.45) is 5.73. The number of hydrogen-bond acceptors (Lipinski definition) is 2. The summed E-state index contributed by atoms with van der Waals surface area (Å²) in [5.74, 6) is 1.32. The van der Waals surface area contributed by atoms with Crippen molar-refractivity contribution in [1.82, 2.24) is 9.78 Å². The minimum atomic E-state index is 0.400. The summed E-state index contributed by atoms with van der Waals surface area (Å²) in [7, 11) is 2.04. The summed E-state index contributed by atoms with van der Waals surface area (Å²) in [5.41, 5.74) is 9.02. The molecule has 3 heteroatoms. The second-order valence-corrected chi connectivity index (χ2v) is 4.40. The Morgan fingerprint density at radius 3 is 3.23 bits per heavy atom. The maximum absolute atomic E-state index is 6.17. The number of fused-ring (bicyclic) bond motifs is 4. The van der Waals surface area contributed by atoms with Crippen LogP contribution < -0.4 is 5.73 Å². The largest absolute Gasteiger partial charge is 0.327 e. The van der Waals surface area contributed by atoms with Gasteiger partial charge in [-0.1, -0.05) is 0 Å². The molecule has 0 aromatic carbocycles. The van der Waals surface area contributed by atoms with Crippen LogP contribution in [0.25, 0.3) is 0 Å². The minimum absolute atomic E-state index is 0.400. The Labute approximate surface area is 77.9 Å². The molecular weight excluding hydrogens is 162 g/mol. The van der Waals surface area contributed by atoms with E-state index in [0.717, 1.165) is 6.42 Å². The van der Waals surface area contributed by atoms with Gasteiger partial charge in [0.05, 0.1) is 6.20 Å². The van der Waals surface area contributed by atoms with Gasteiger partial charge in [-0.25, -0.2) is 0 Å². The Kier molecular flexibility index (Phi) is 1.37. The maximum atomic E-state index is 6.17. The molecule has 1 aromatic heterocycles. The molecule has 0 aliphatic heterocycles. The summed E-state index contributed by atoms with van der Waals surface area (Å²) in [5, 5.41) is 4.31. The summed E-state index contributed by atoms with van der Waals surface area (Å²) in [6, 6.07) is 0.400. The highest BCUT2D eigenvalue weighted by Crippen LogP contribution is 2.44. The number of aryl methyl sites for hydroxylation is 1. The van der Waals surface area contributed by atoms with Gasteiger partial charge >= 0.3 is 0 Å². The van der Waals surface area contributed by atoms with Gasteiger partial charge in [-0.15, -0.1) is 0 Å². The predicted octanol–water partition coefficient (Wildman–Crippen LogP) is 0.797. The third-order valence-electron chi connectivity index (χ3n) is 3.81.